The van der Waals surface area contributed by atoms with Crippen molar-refractivity contribution in [1.82, 2.24) is 24.8 Å². The van der Waals surface area contributed by atoms with Crippen LogP contribution in [-0.4, -0.2) is 56.4 Å². The minimum atomic E-state index is -0.0496. The zero-order valence-corrected chi connectivity index (χ0v) is 13.7. The van der Waals surface area contributed by atoms with Crippen LogP contribution in [0.5, 0.6) is 0 Å². The highest BCUT2D eigenvalue weighted by atomic mass is 16.3. The molecule has 4 N–H and O–H groups in total. The summed E-state index contributed by atoms with van der Waals surface area (Å²) in [5.41, 5.74) is 1.60. The van der Waals surface area contributed by atoms with E-state index in [1.54, 1.807) is 6.33 Å². The van der Waals surface area contributed by atoms with E-state index in [0.29, 0.717) is 12.0 Å². The summed E-state index contributed by atoms with van der Waals surface area (Å²) in [6, 6.07) is 0.305. The zero-order chi connectivity index (χ0) is 16.2. The van der Waals surface area contributed by atoms with Crippen molar-refractivity contribution in [3.63, 3.8) is 0 Å². The molecule has 2 atom stereocenters. The van der Waals surface area contributed by atoms with Gasteiger partial charge in [0.2, 0.25) is 5.95 Å². The lowest BCUT2D eigenvalue weighted by atomic mass is 10.2. The fourth-order valence-corrected chi connectivity index (χ4v) is 2.77. The van der Waals surface area contributed by atoms with Gasteiger partial charge >= 0.3 is 0 Å². The molecular weight excluding hydrogens is 294 g/mol. The number of anilines is 2. The van der Waals surface area contributed by atoms with Gasteiger partial charge in [-0.2, -0.15) is 9.97 Å². The summed E-state index contributed by atoms with van der Waals surface area (Å²) in [6.07, 6.45) is 3.67. The van der Waals surface area contributed by atoms with Crippen LogP contribution >= 0.6 is 0 Å². The molecule has 0 aliphatic carbocycles. The molecule has 1 fully saturated rings. The van der Waals surface area contributed by atoms with E-state index in [-0.39, 0.29) is 12.6 Å². The fraction of sp³-hybridized carbons (Fsp3) is 0.667. The zero-order valence-electron chi connectivity index (χ0n) is 13.7. The Labute approximate surface area is 135 Å². The summed E-state index contributed by atoms with van der Waals surface area (Å²) in [5.74, 6) is 1.29. The van der Waals surface area contributed by atoms with Gasteiger partial charge in [-0.05, 0) is 26.3 Å². The summed E-state index contributed by atoms with van der Waals surface area (Å²) in [4.78, 5) is 13.7. The Morgan fingerprint density at radius 2 is 2.30 bits per heavy atom. The first-order valence-corrected chi connectivity index (χ1v) is 8.32. The number of imidazole rings is 1. The van der Waals surface area contributed by atoms with Crippen molar-refractivity contribution in [3.05, 3.63) is 6.33 Å². The Balaban J connectivity index is 1.96. The second-order valence-corrected chi connectivity index (χ2v) is 5.86. The third-order valence-corrected chi connectivity index (χ3v) is 4.25. The molecule has 126 valence electrons. The quantitative estimate of drug-likeness (QED) is 0.599. The number of nitrogens with one attached hydrogen (secondary N) is 3. The highest BCUT2D eigenvalue weighted by molar-refractivity contribution is 5.84. The first-order valence-electron chi connectivity index (χ1n) is 8.32. The van der Waals surface area contributed by atoms with Gasteiger partial charge in [-0.15, -0.1) is 0 Å². The van der Waals surface area contributed by atoms with E-state index < -0.39 is 0 Å². The van der Waals surface area contributed by atoms with E-state index in [0.717, 1.165) is 49.5 Å². The van der Waals surface area contributed by atoms with E-state index in [1.807, 2.05) is 11.5 Å². The van der Waals surface area contributed by atoms with Crippen LogP contribution in [0.4, 0.5) is 11.8 Å². The molecule has 2 aromatic heterocycles. The molecule has 0 radical (unpaired) electrons. The maximum Gasteiger partial charge on any atom is 0.227 e. The van der Waals surface area contributed by atoms with Gasteiger partial charge in [-0.1, -0.05) is 6.92 Å². The normalized spacial score (nSPS) is 19.2. The Bertz CT molecular complexity index is 647. The Morgan fingerprint density at radius 1 is 1.43 bits per heavy atom. The molecule has 0 spiro atoms. The second-order valence-electron chi connectivity index (χ2n) is 5.86. The third-order valence-electron chi connectivity index (χ3n) is 4.25. The summed E-state index contributed by atoms with van der Waals surface area (Å²) < 4.78 is 2.00. The van der Waals surface area contributed by atoms with Gasteiger partial charge in [0, 0.05) is 19.1 Å². The molecule has 0 amide bonds. The van der Waals surface area contributed by atoms with Crippen molar-refractivity contribution < 1.29 is 5.11 Å². The maximum atomic E-state index is 9.40. The largest absolute Gasteiger partial charge is 0.394 e. The topological polar surface area (TPSA) is 99.9 Å². The van der Waals surface area contributed by atoms with Gasteiger partial charge < -0.3 is 25.6 Å². The molecule has 0 unspecified atom stereocenters. The molecule has 1 saturated heterocycles. The highest BCUT2D eigenvalue weighted by Crippen LogP contribution is 2.23. The molecule has 2 aromatic rings. The van der Waals surface area contributed by atoms with Crippen molar-refractivity contribution in [1.29, 1.82) is 0 Å². The molecule has 8 heteroatoms. The van der Waals surface area contributed by atoms with Gasteiger partial charge in [-0.25, -0.2) is 4.98 Å². The van der Waals surface area contributed by atoms with Gasteiger partial charge in [0.1, 0.15) is 0 Å². The number of aliphatic hydroxyl groups is 1. The van der Waals surface area contributed by atoms with Crippen molar-refractivity contribution >= 4 is 22.9 Å². The minimum Gasteiger partial charge on any atom is -0.394 e. The predicted octanol–water partition coefficient (Wildman–Crippen LogP) is 0.803. The van der Waals surface area contributed by atoms with Crippen molar-refractivity contribution in [2.45, 2.75) is 45.3 Å². The number of hydrogen-bond donors (Lipinski definition) is 4. The third kappa shape index (κ3) is 3.37. The average Bonchev–Trinajstić information content (AvgIpc) is 3.21. The molecule has 3 heterocycles. The molecule has 23 heavy (non-hydrogen) atoms. The molecular formula is C15H25N7O. The fourth-order valence-electron chi connectivity index (χ4n) is 2.77. The van der Waals surface area contributed by atoms with Crippen LogP contribution in [0, 0.1) is 0 Å². The molecule has 0 bridgehead atoms. The van der Waals surface area contributed by atoms with Crippen LogP contribution in [0.1, 0.15) is 26.7 Å². The second kappa shape index (κ2) is 7.10. The highest BCUT2D eigenvalue weighted by Gasteiger charge is 2.19. The summed E-state index contributed by atoms with van der Waals surface area (Å²) in [5, 5.41) is 19.4. The van der Waals surface area contributed by atoms with Crippen LogP contribution in [0.3, 0.4) is 0 Å². The number of aryl methyl sites for hydroxylation is 1. The van der Waals surface area contributed by atoms with E-state index in [1.165, 1.54) is 0 Å². The maximum absolute atomic E-state index is 9.40. The van der Waals surface area contributed by atoms with Gasteiger partial charge in [-0.3, -0.25) is 0 Å². The van der Waals surface area contributed by atoms with Gasteiger partial charge in [0.15, 0.2) is 17.0 Å². The number of aromatic nitrogens is 4. The number of nitrogens with zero attached hydrogens (tertiary/aromatic N) is 4. The number of hydrogen-bond acceptors (Lipinski definition) is 7. The number of fused-ring (bicyclic) bond motifs is 1. The Morgan fingerprint density at radius 3 is 2.96 bits per heavy atom. The standard InChI is InChI=1S/C15H25N7O/c1-3-10(8-23)19-15-20-13(18-11-5-6-16-7-11)12-14(21-15)22(4-2)9-17-12/h9-11,16,23H,3-8H2,1-2H3,(H2,18,19,20,21)/t10-,11+/m1/s1. The van der Waals surface area contributed by atoms with E-state index >= 15 is 0 Å². The first kappa shape index (κ1) is 15.9. The molecule has 3 rings (SSSR count). The van der Waals surface area contributed by atoms with Crippen molar-refractivity contribution in [3.8, 4) is 0 Å². The molecule has 0 aromatic carbocycles. The van der Waals surface area contributed by atoms with Gasteiger partial charge in [0.25, 0.3) is 0 Å². The summed E-state index contributed by atoms with van der Waals surface area (Å²) >= 11 is 0. The van der Waals surface area contributed by atoms with Crippen LogP contribution < -0.4 is 16.0 Å². The molecule has 1 aliphatic rings. The smallest absolute Gasteiger partial charge is 0.227 e. The lowest BCUT2D eigenvalue weighted by Crippen LogP contribution is -2.26. The Hall–Kier alpha value is -1.93. The van der Waals surface area contributed by atoms with E-state index in [2.05, 4.69) is 37.8 Å². The monoisotopic (exact) mass is 319 g/mol. The summed E-state index contributed by atoms with van der Waals surface area (Å²) in [7, 11) is 0. The van der Waals surface area contributed by atoms with Crippen LogP contribution in [0.15, 0.2) is 6.33 Å². The van der Waals surface area contributed by atoms with Crippen LogP contribution in [0.2, 0.25) is 0 Å². The summed E-state index contributed by atoms with van der Waals surface area (Å²) in [6.45, 7) is 6.88. The number of aliphatic hydroxyl groups excluding tert-OH is 1. The van der Waals surface area contributed by atoms with Crippen LogP contribution in [0.25, 0.3) is 11.2 Å². The lowest BCUT2D eigenvalue weighted by molar-refractivity contribution is 0.271. The average molecular weight is 319 g/mol. The van der Waals surface area contributed by atoms with Gasteiger partial charge in [0.05, 0.1) is 19.0 Å². The van der Waals surface area contributed by atoms with Crippen LogP contribution in [-0.2, 0) is 6.54 Å². The lowest BCUT2D eigenvalue weighted by Gasteiger charge is -2.17. The molecule has 8 nitrogen and oxygen atoms in total. The number of rotatable bonds is 7. The van der Waals surface area contributed by atoms with E-state index in [9.17, 15) is 5.11 Å². The minimum absolute atomic E-state index is 0.0496. The van der Waals surface area contributed by atoms with Crippen molar-refractivity contribution in [2.24, 2.45) is 0 Å². The van der Waals surface area contributed by atoms with E-state index in [4.69, 9.17) is 0 Å². The SMILES string of the molecule is CC[C@H](CO)Nc1nc(N[C@H]2CCNC2)c2ncn(CC)c2n1. The molecule has 1 aliphatic heterocycles. The Kier molecular flexibility index (Phi) is 4.92. The first-order chi connectivity index (χ1) is 11.2. The predicted molar refractivity (Wildman–Crippen MR) is 90.7 cm³/mol. The molecule has 0 saturated carbocycles. The van der Waals surface area contributed by atoms with Crippen molar-refractivity contribution in [2.75, 3.05) is 30.3 Å².